The molecule has 2 saturated heterocycles. The van der Waals surface area contributed by atoms with E-state index in [0.717, 1.165) is 0 Å². The minimum atomic E-state index is -4.25. The Balaban J connectivity index is 2.10. The van der Waals surface area contributed by atoms with Gasteiger partial charge in [-0.05, 0) is 0 Å². The molecule has 9 nitrogen and oxygen atoms in total. The minimum absolute atomic E-state index is 0.0393. The lowest BCUT2D eigenvalue weighted by Gasteiger charge is -2.27. The summed E-state index contributed by atoms with van der Waals surface area (Å²) in [5, 5.41) is 0. The molecule has 0 aromatic carbocycles. The molecule has 0 saturated carbocycles. The number of rotatable bonds is 13. The van der Waals surface area contributed by atoms with Gasteiger partial charge in [-0.3, -0.25) is 13.6 Å². The van der Waals surface area contributed by atoms with Crippen LogP contribution in [0.4, 0.5) is 0 Å². The number of hydrogen-bond donors (Lipinski definition) is 0. The normalized spacial score (nSPS) is 40.6. The van der Waals surface area contributed by atoms with Crippen LogP contribution in [0.5, 0.6) is 0 Å². The summed E-state index contributed by atoms with van der Waals surface area (Å²) in [6.07, 6.45) is -3.08. The average Bonchev–Trinajstić information content (AvgIpc) is 3.21. The molecule has 13 heteroatoms. The van der Waals surface area contributed by atoms with E-state index in [4.69, 9.17) is 51.5 Å². The van der Waals surface area contributed by atoms with Crippen molar-refractivity contribution in [2.45, 2.75) is 37.3 Å². The SMILES string of the molecule is [2H][Si]([B])(OCC1OC([3H])CC1OP(=O)(OCC[N+]#[C-])OC1CC([3H])OC1COC)P[3H]. The summed E-state index contributed by atoms with van der Waals surface area (Å²) in [5.74, 6) is 0. The highest BCUT2D eigenvalue weighted by Gasteiger charge is 2.43. The van der Waals surface area contributed by atoms with E-state index in [1.54, 1.807) is 0 Å². The molecule has 0 aromatic heterocycles. The Morgan fingerprint density at radius 2 is 2.04 bits per heavy atom. The van der Waals surface area contributed by atoms with Gasteiger partial charge >= 0.3 is 7.82 Å². The van der Waals surface area contributed by atoms with Gasteiger partial charge in [-0.1, -0.05) is 0 Å². The topological polar surface area (TPSA) is 86.0 Å². The van der Waals surface area contributed by atoms with Gasteiger partial charge in [-0.15, -0.1) is 8.73 Å². The Kier molecular flexibility index (Phi) is 7.97. The molecule has 2 heterocycles. The van der Waals surface area contributed by atoms with Crippen LogP contribution in [0, 0.1) is 6.57 Å². The Morgan fingerprint density at radius 1 is 1.41 bits per heavy atom. The van der Waals surface area contributed by atoms with E-state index in [2.05, 4.69) is 4.85 Å². The van der Waals surface area contributed by atoms with E-state index < -0.39 is 62.6 Å². The van der Waals surface area contributed by atoms with Gasteiger partial charge in [0.05, 0.1) is 30.8 Å². The molecule has 9 unspecified atom stereocenters. The van der Waals surface area contributed by atoms with Gasteiger partial charge in [-0.2, -0.15) is 0 Å². The Morgan fingerprint density at radius 3 is 2.59 bits per heavy atom. The Hall–Kier alpha value is 0.152. The summed E-state index contributed by atoms with van der Waals surface area (Å²) >= 11 is 0. The number of phosphoric acid groups is 1. The van der Waals surface area contributed by atoms with Gasteiger partial charge in [-0.25, -0.2) is 11.1 Å². The van der Waals surface area contributed by atoms with E-state index in [1.807, 2.05) is 0 Å². The molecule has 27 heavy (non-hydrogen) atoms. The fourth-order valence-electron chi connectivity index (χ4n) is 2.49. The first-order chi connectivity index (χ1) is 14.6. The highest BCUT2D eigenvalue weighted by atomic mass is 31.3. The van der Waals surface area contributed by atoms with Gasteiger partial charge in [0.25, 0.3) is 0 Å². The van der Waals surface area contributed by atoms with Crippen LogP contribution < -0.4 is 0 Å². The summed E-state index contributed by atoms with van der Waals surface area (Å²) in [6.45, 7) is 4.63. The second kappa shape index (κ2) is 12.0. The first-order valence-corrected chi connectivity index (χ1v) is 12.8. The molecule has 2 radical (unpaired) electrons. The Bertz CT molecular complexity index is 668. The third-order valence-electron chi connectivity index (χ3n) is 3.74. The largest absolute Gasteiger partial charge is 0.475 e. The molecular weight excluding hydrogens is 411 g/mol. The molecule has 2 rings (SSSR count). The van der Waals surface area contributed by atoms with Crippen LogP contribution in [-0.2, 0) is 36.8 Å². The minimum Gasteiger partial charge on any atom is -0.422 e. The molecule has 152 valence electrons. The molecule has 9 atom stereocenters. The zero-order chi connectivity index (χ0) is 23.1. The monoisotopic (exact) mass is 444 g/mol. The summed E-state index contributed by atoms with van der Waals surface area (Å²) < 4.78 is 81.9. The van der Waals surface area contributed by atoms with E-state index >= 15 is 0 Å². The zero-order valence-electron chi connectivity index (χ0n) is 18.9. The molecule has 2 fully saturated rings. The zero-order valence-corrected chi connectivity index (χ0v) is 17.8. The van der Waals surface area contributed by atoms with Crippen molar-refractivity contribution in [3.8, 4) is 0 Å². The first kappa shape index (κ1) is 18.0. The summed E-state index contributed by atoms with van der Waals surface area (Å²) in [7, 11) is -1.19. The predicted octanol–water partition coefficient (Wildman–Crippen LogP) is 0.802. The molecule has 0 spiro atoms. The van der Waals surface area contributed by atoms with Crippen molar-refractivity contribution in [3.05, 3.63) is 11.4 Å². The number of phosphoric ester groups is 1. The third-order valence-corrected chi connectivity index (χ3v) is 6.21. The van der Waals surface area contributed by atoms with Gasteiger partial charge in [0.15, 0.2) is 0 Å². The van der Waals surface area contributed by atoms with Crippen LogP contribution in [0.1, 0.15) is 15.6 Å². The quantitative estimate of drug-likeness (QED) is 0.179. The van der Waals surface area contributed by atoms with Crippen LogP contribution in [0.3, 0.4) is 0 Å². The summed E-state index contributed by atoms with van der Waals surface area (Å²) in [6, 6.07) is 0. The molecule has 0 aromatic rings. The van der Waals surface area contributed by atoms with Crippen molar-refractivity contribution in [2.24, 2.45) is 0 Å². The highest BCUT2D eigenvalue weighted by Crippen LogP contribution is 2.54. The molecular formula is C14H26BNO8P2Si. The average molecular weight is 444 g/mol. The van der Waals surface area contributed by atoms with E-state index in [9.17, 15) is 4.57 Å². The van der Waals surface area contributed by atoms with Crippen molar-refractivity contribution >= 4 is 32.5 Å². The highest BCUT2D eigenvalue weighted by molar-refractivity contribution is 7.70. The lowest BCUT2D eigenvalue weighted by molar-refractivity contribution is -0.0315. The summed E-state index contributed by atoms with van der Waals surface area (Å²) in [4.78, 5) is 3.15. The number of ether oxygens (including phenoxy) is 3. The van der Waals surface area contributed by atoms with Crippen molar-refractivity contribution < 1.29 is 39.5 Å². The Labute approximate surface area is 170 Å². The molecule has 2 aliphatic heterocycles. The van der Waals surface area contributed by atoms with E-state index in [-0.39, 0.29) is 39.2 Å². The standard InChI is InChI=1S/C14H26BNO8P2Si/c1-16-5-8-21-26(17,23-11-3-6-19-13(11)9-18-2)24-12-4-7-20-14(12)10-22-27(15)25/h11-14,27H,3-10,25H2,2H3/i6T,7T,25T,27D. The van der Waals surface area contributed by atoms with Crippen molar-refractivity contribution in [1.29, 1.82) is 2.51 Å². The van der Waals surface area contributed by atoms with Crippen LogP contribution in [0.15, 0.2) is 0 Å². The molecule has 0 amide bonds. The van der Waals surface area contributed by atoms with Gasteiger partial charge < -0.3 is 23.5 Å². The molecule has 0 aliphatic carbocycles. The molecule has 0 N–H and O–H groups in total. The maximum absolute atomic E-state index is 13.4. The predicted molar refractivity (Wildman–Crippen MR) is 104 cm³/mol. The van der Waals surface area contributed by atoms with Crippen LogP contribution in [-0.4, -0.2) is 89.5 Å². The number of methoxy groups -OCH3 is 1. The fraction of sp³-hybridized carbons (Fsp3) is 0.929. The lowest BCUT2D eigenvalue weighted by atomic mass is 10.2. The molecule has 0 bridgehead atoms. The second-order valence-electron chi connectivity index (χ2n) is 5.73. The van der Waals surface area contributed by atoms with Crippen LogP contribution in [0.2, 0.25) is 0 Å². The van der Waals surface area contributed by atoms with Gasteiger partial charge in [0.2, 0.25) is 6.54 Å². The lowest BCUT2D eigenvalue weighted by Crippen LogP contribution is -2.33. The van der Waals surface area contributed by atoms with E-state index in [1.165, 1.54) is 7.11 Å². The summed E-state index contributed by atoms with van der Waals surface area (Å²) in [5.41, 5.74) is 0. The van der Waals surface area contributed by atoms with Crippen LogP contribution in [0.25, 0.3) is 4.85 Å². The second-order valence-corrected chi connectivity index (χ2v) is 9.80. The van der Waals surface area contributed by atoms with Gasteiger partial charge in [0, 0.05) is 34.4 Å². The number of nitrogens with zero attached hydrogens (tertiary/aromatic N) is 1. The van der Waals surface area contributed by atoms with Crippen molar-refractivity contribution in [3.63, 3.8) is 0 Å². The smallest absolute Gasteiger partial charge is 0.422 e. The van der Waals surface area contributed by atoms with Crippen molar-refractivity contribution in [1.82, 2.24) is 0 Å². The van der Waals surface area contributed by atoms with Crippen LogP contribution >= 0.6 is 16.6 Å². The maximum atomic E-state index is 13.4. The van der Waals surface area contributed by atoms with Crippen molar-refractivity contribution in [2.75, 3.05) is 46.6 Å². The first-order valence-electron chi connectivity index (χ1n) is 10.5. The third kappa shape index (κ3) is 7.83. The van der Waals surface area contributed by atoms with Gasteiger partial charge in [0.1, 0.15) is 33.4 Å². The maximum Gasteiger partial charge on any atom is 0.475 e. The van der Waals surface area contributed by atoms with E-state index in [0.29, 0.717) is 0 Å². The number of hydrogen-bond acceptors (Lipinski definition) is 8. The fourth-order valence-corrected chi connectivity index (χ4v) is 4.67. The molecule has 2 aliphatic rings.